The van der Waals surface area contributed by atoms with E-state index < -0.39 is 5.41 Å². The van der Waals surface area contributed by atoms with Crippen LogP contribution in [0, 0.1) is 0 Å². The van der Waals surface area contributed by atoms with Crippen molar-refractivity contribution in [3.63, 3.8) is 0 Å². The van der Waals surface area contributed by atoms with E-state index in [9.17, 15) is 4.79 Å². The minimum atomic E-state index is -0.591. The SMILES string of the molecule is Cn1ccnc1COc1ccc(NC(=O)C2(c3ccc(Br)cc3)CCOCC2)cc1. The molecule has 0 radical (unpaired) electrons. The molecule has 1 aliphatic rings. The Morgan fingerprint density at radius 3 is 2.50 bits per heavy atom. The van der Waals surface area contributed by atoms with Crippen LogP contribution >= 0.6 is 15.9 Å². The lowest BCUT2D eigenvalue weighted by Gasteiger charge is -2.36. The van der Waals surface area contributed by atoms with Gasteiger partial charge in [-0.1, -0.05) is 28.1 Å². The van der Waals surface area contributed by atoms with E-state index >= 15 is 0 Å². The number of benzene rings is 2. The molecule has 1 aliphatic heterocycles. The number of nitrogens with one attached hydrogen (secondary N) is 1. The fourth-order valence-electron chi connectivity index (χ4n) is 3.70. The molecule has 1 amide bonds. The van der Waals surface area contributed by atoms with Gasteiger partial charge in [0.15, 0.2) is 0 Å². The molecule has 6 nitrogen and oxygen atoms in total. The molecule has 156 valence electrons. The highest BCUT2D eigenvalue weighted by Gasteiger charge is 2.41. The molecule has 3 aromatic rings. The fourth-order valence-corrected chi connectivity index (χ4v) is 3.97. The summed E-state index contributed by atoms with van der Waals surface area (Å²) in [5.74, 6) is 1.57. The van der Waals surface area contributed by atoms with E-state index in [-0.39, 0.29) is 5.91 Å². The Hall–Kier alpha value is -2.64. The summed E-state index contributed by atoms with van der Waals surface area (Å²) in [6, 6.07) is 15.4. The van der Waals surface area contributed by atoms with E-state index in [0.717, 1.165) is 27.3 Å². The minimum absolute atomic E-state index is 0.00481. The zero-order valence-corrected chi connectivity index (χ0v) is 18.4. The third kappa shape index (κ3) is 4.42. The van der Waals surface area contributed by atoms with Gasteiger partial charge in [-0.05, 0) is 54.8 Å². The van der Waals surface area contributed by atoms with Gasteiger partial charge in [0.1, 0.15) is 18.2 Å². The zero-order chi connectivity index (χ0) is 21.0. The summed E-state index contributed by atoms with van der Waals surface area (Å²) in [6.45, 7) is 1.54. The van der Waals surface area contributed by atoms with Gasteiger partial charge in [0.2, 0.25) is 5.91 Å². The Balaban J connectivity index is 1.46. The third-order valence-electron chi connectivity index (χ3n) is 5.58. The molecular formula is C23H24BrN3O3. The van der Waals surface area contributed by atoms with Crippen LogP contribution in [-0.4, -0.2) is 28.7 Å². The maximum atomic E-state index is 13.4. The maximum Gasteiger partial charge on any atom is 0.235 e. The monoisotopic (exact) mass is 469 g/mol. The molecule has 0 bridgehead atoms. The van der Waals surface area contributed by atoms with Crippen molar-refractivity contribution in [2.45, 2.75) is 24.9 Å². The predicted molar refractivity (Wildman–Crippen MR) is 118 cm³/mol. The summed E-state index contributed by atoms with van der Waals surface area (Å²) < 4.78 is 14.2. The Morgan fingerprint density at radius 1 is 1.17 bits per heavy atom. The number of ether oxygens (including phenoxy) is 2. The van der Waals surface area contributed by atoms with Gasteiger partial charge in [0.05, 0.1) is 5.41 Å². The predicted octanol–water partition coefficient (Wildman–Crippen LogP) is 4.45. The second kappa shape index (κ2) is 9.02. The minimum Gasteiger partial charge on any atom is -0.486 e. The lowest BCUT2D eigenvalue weighted by molar-refractivity contribution is -0.125. The van der Waals surface area contributed by atoms with Crippen LogP contribution in [0.2, 0.25) is 0 Å². The van der Waals surface area contributed by atoms with E-state index in [1.165, 1.54) is 0 Å². The van der Waals surface area contributed by atoms with E-state index in [2.05, 4.69) is 26.2 Å². The number of hydrogen-bond acceptors (Lipinski definition) is 4. The van der Waals surface area contributed by atoms with E-state index in [1.807, 2.05) is 66.3 Å². The third-order valence-corrected chi connectivity index (χ3v) is 6.11. The molecule has 1 saturated heterocycles. The maximum absolute atomic E-state index is 13.4. The molecular weight excluding hydrogens is 446 g/mol. The van der Waals surface area contributed by atoms with Crippen LogP contribution in [0.25, 0.3) is 0 Å². The molecule has 0 saturated carbocycles. The Labute approximate surface area is 184 Å². The lowest BCUT2D eigenvalue weighted by atomic mass is 9.73. The zero-order valence-electron chi connectivity index (χ0n) is 16.8. The summed E-state index contributed by atoms with van der Waals surface area (Å²) in [4.78, 5) is 17.6. The van der Waals surface area contributed by atoms with Gasteiger partial charge in [0, 0.05) is 42.8 Å². The number of aryl methyl sites for hydroxylation is 1. The summed E-state index contributed by atoms with van der Waals surface area (Å²) in [5, 5.41) is 3.09. The van der Waals surface area contributed by atoms with Crippen LogP contribution in [0.5, 0.6) is 5.75 Å². The second-order valence-corrected chi connectivity index (χ2v) is 8.34. The fraction of sp³-hybridized carbons (Fsp3) is 0.304. The molecule has 1 fully saturated rings. The average molecular weight is 470 g/mol. The molecule has 7 heteroatoms. The quantitative estimate of drug-likeness (QED) is 0.578. The van der Waals surface area contributed by atoms with Crippen molar-refractivity contribution in [2.75, 3.05) is 18.5 Å². The first kappa shape index (κ1) is 20.6. The van der Waals surface area contributed by atoms with Crippen molar-refractivity contribution in [2.24, 2.45) is 7.05 Å². The molecule has 4 rings (SSSR count). The standard InChI is InChI=1S/C23H24BrN3O3/c1-27-13-12-25-21(27)16-30-20-8-6-19(7-9-20)26-22(28)23(10-14-29-15-11-23)17-2-4-18(24)5-3-17/h2-9,12-13H,10-11,14-16H2,1H3,(H,26,28). The number of halogens is 1. The van der Waals surface area contributed by atoms with Gasteiger partial charge >= 0.3 is 0 Å². The smallest absolute Gasteiger partial charge is 0.235 e. The van der Waals surface area contributed by atoms with Gasteiger partial charge in [0.25, 0.3) is 0 Å². The highest BCUT2D eigenvalue weighted by atomic mass is 79.9. The molecule has 2 aromatic carbocycles. The summed E-state index contributed by atoms with van der Waals surface area (Å²) in [6.07, 6.45) is 4.94. The number of amides is 1. The van der Waals surface area contributed by atoms with Crippen molar-refractivity contribution in [1.82, 2.24) is 9.55 Å². The Kier molecular flexibility index (Phi) is 6.20. The van der Waals surface area contributed by atoms with E-state index in [0.29, 0.717) is 32.7 Å². The second-order valence-electron chi connectivity index (χ2n) is 7.42. The van der Waals surface area contributed by atoms with Gasteiger partial charge in [-0.2, -0.15) is 0 Å². The first-order valence-corrected chi connectivity index (χ1v) is 10.7. The van der Waals surface area contributed by atoms with Crippen molar-refractivity contribution in [3.05, 3.63) is 76.8 Å². The van der Waals surface area contributed by atoms with Crippen LogP contribution < -0.4 is 10.1 Å². The van der Waals surface area contributed by atoms with Crippen LogP contribution in [0.4, 0.5) is 5.69 Å². The van der Waals surface area contributed by atoms with Gasteiger partial charge in [-0.3, -0.25) is 4.79 Å². The lowest BCUT2D eigenvalue weighted by Crippen LogP contribution is -2.44. The molecule has 0 spiro atoms. The average Bonchev–Trinajstić information content (AvgIpc) is 3.19. The highest BCUT2D eigenvalue weighted by molar-refractivity contribution is 9.10. The van der Waals surface area contributed by atoms with Crippen molar-refractivity contribution in [3.8, 4) is 5.75 Å². The number of carbonyl (C=O) groups excluding carboxylic acids is 1. The Morgan fingerprint density at radius 2 is 1.87 bits per heavy atom. The largest absolute Gasteiger partial charge is 0.486 e. The number of nitrogens with zero attached hydrogens (tertiary/aromatic N) is 2. The number of anilines is 1. The molecule has 0 unspecified atom stereocenters. The van der Waals surface area contributed by atoms with Crippen LogP contribution in [0.15, 0.2) is 65.4 Å². The summed E-state index contributed by atoms with van der Waals surface area (Å²) >= 11 is 3.47. The van der Waals surface area contributed by atoms with Gasteiger partial charge in [-0.25, -0.2) is 4.98 Å². The van der Waals surface area contributed by atoms with Crippen LogP contribution in [0.1, 0.15) is 24.2 Å². The topological polar surface area (TPSA) is 65.4 Å². The molecule has 1 aromatic heterocycles. The molecule has 0 aliphatic carbocycles. The van der Waals surface area contributed by atoms with Gasteiger partial charge < -0.3 is 19.4 Å². The number of imidazole rings is 1. The van der Waals surface area contributed by atoms with Crippen molar-refractivity contribution >= 4 is 27.5 Å². The number of carbonyl (C=O) groups is 1. The van der Waals surface area contributed by atoms with Crippen LogP contribution in [-0.2, 0) is 28.6 Å². The molecule has 0 atom stereocenters. The normalized spacial score (nSPS) is 15.5. The molecule has 2 heterocycles. The number of hydrogen-bond donors (Lipinski definition) is 1. The van der Waals surface area contributed by atoms with E-state index in [4.69, 9.17) is 9.47 Å². The first-order chi connectivity index (χ1) is 14.6. The van der Waals surface area contributed by atoms with Crippen LogP contribution in [0.3, 0.4) is 0 Å². The highest BCUT2D eigenvalue weighted by Crippen LogP contribution is 2.37. The van der Waals surface area contributed by atoms with Crippen molar-refractivity contribution < 1.29 is 14.3 Å². The summed E-state index contributed by atoms with van der Waals surface area (Å²) in [5.41, 5.74) is 1.17. The molecule has 1 N–H and O–H groups in total. The first-order valence-electron chi connectivity index (χ1n) is 9.91. The summed E-state index contributed by atoms with van der Waals surface area (Å²) in [7, 11) is 1.93. The van der Waals surface area contributed by atoms with Crippen molar-refractivity contribution in [1.29, 1.82) is 0 Å². The molecule has 30 heavy (non-hydrogen) atoms. The number of aromatic nitrogens is 2. The van der Waals surface area contributed by atoms with E-state index in [1.54, 1.807) is 6.20 Å². The van der Waals surface area contributed by atoms with Gasteiger partial charge in [-0.15, -0.1) is 0 Å². The Bertz CT molecular complexity index is 993. The number of rotatable bonds is 6.